The van der Waals surface area contributed by atoms with Crippen LogP contribution in [0.4, 0.5) is 5.69 Å². The number of benzene rings is 1. The molecule has 0 saturated carbocycles. The van der Waals surface area contributed by atoms with E-state index < -0.39 is 0 Å². The predicted molar refractivity (Wildman–Crippen MR) is 75.4 cm³/mol. The van der Waals surface area contributed by atoms with Gasteiger partial charge >= 0.3 is 0 Å². The van der Waals surface area contributed by atoms with E-state index >= 15 is 0 Å². The van der Waals surface area contributed by atoms with Gasteiger partial charge in [-0.1, -0.05) is 0 Å². The van der Waals surface area contributed by atoms with Gasteiger partial charge < -0.3 is 20.4 Å². The fraction of sp³-hybridized carbons (Fsp3) is 0.385. The standard InChI is InChI=1S/C13H18N4O2/c1-17(2)4-3-5-19-12-7-11-9(6-10(12)14)13(18)16-8-15-11/h6-8H,3-5,14H2,1-2H3,(H,15,16,18). The van der Waals surface area contributed by atoms with E-state index in [1.54, 1.807) is 12.1 Å². The van der Waals surface area contributed by atoms with Crippen molar-refractivity contribution < 1.29 is 4.74 Å². The van der Waals surface area contributed by atoms with Crippen LogP contribution in [0.1, 0.15) is 6.42 Å². The summed E-state index contributed by atoms with van der Waals surface area (Å²) >= 11 is 0. The van der Waals surface area contributed by atoms with Gasteiger partial charge in [-0.3, -0.25) is 4.79 Å². The maximum Gasteiger partial charge on any atom is 0.258 e. The van der Waals surface area contributed by atoms with Gasteiger partial charge in [0.05, 0.1) is 29.5 Å². The van der Waals surface area contributed by atoms with Crippen LogP contribution in [0.3, 0.4) is 0 Å². The molecule has 0 aliphatic rings. The molecule has 6 heteroatoms. The van der Waals surface area contributed by atoms with Crippen molar-refractivity contribution in [3.63, 3.8) is 0 Å². The van der Waals surface area contributed by atoms with Gasteiger partial charge in [-0.05, 0) is 26.6 Å². The molecule has 0 radical (unpaired) electrons. The Bertz CT molecular complexity index is 622. The number of fused-ring (bicyclic) bond motifs is 1. The minimum absolute atomic E-state index is 0.198. The van der Waals surface area contributed by atoms with Gasteiger partial charge in [-0.25, -0.2) is 4.98 Å². The van der Waals surface area contributed by atoms with Crippen LogP contribution in [0.25, 0.3) is 10.9 Å². The maximum atomic E-state index is 11.6. The third kappa shape index (κ3) is 3.23. The van der Waals surface area contributed by atoms with Crippen molar-refractivity contribution in [2.24, 2.45) is 0 Å². The SMILES string of the molecule is CN(C)CCCOc1cc2nc[nH]c(=O)c2cc1N. The van der Waals surface area contributed by atoms with Crippen LogP contribution >= 0.6 is 0 Å². The second kappa shape index (κ2) is 5.71. The first-order valence-corrected chi connectivity index (χ1v) is 6.12. The maximum absolute atomic E-state index is 11.6. The molecule has 0 amide bonds. The van der Waals surface area contributed by atoms with Crippen molar-refractivity contribution in [3.05, 3.63) is 28.8 Å². The summed E-state index contributed by atoms with van der Waals surface area (Å²) < 4.78 is 5.63. The van der Waals surface area contributed by atoms with Crippen molar-refractivity contribution >= 4 is 16.6 Å². The van der Waals surface area contributed by atoms with E-state index in [0.29, 0.717) is 28.9 Å². The van der Waals surface area contributed by atoms with Gasteiger partial charge in [-0.15, -0.1) is 0 Å². The first-order valence-electron chi connectivity index (χ1n) is 6.12. The molecule has 0 unspecified atom stereocenters. The molecule has 0 aliphatic heterocycles. The molecule has 1 heterocycles. The topological polar surface area (TPSA) is 84.2 Å². The number of H-pyrrole nitrogens is 1. The lowest BCUT2D eigenvalue weighted by atomic mass is 10.2. The number of aromatic amines is 1. The molecule has 1 aromatic carbocycles. The highest BCUT2D eigenvalue weighted by molar-refractivity contribution is 5.84. The predicted octanol–water partition coefficient (Wildman–Crippen LogP) is 0.836. The third-order valence-electron chi connectivity index (χ3n) is 2.78. The molecule has 0 fully saturated rings. The summed E-state index contributed by atoms with van der Waals surface area (Å²) in [7, 11) is 4.03. The smallest absolute Gasteiger partial charge is 0.258 e. The van der Waals surface area contributed by atoms with Gasteiger partial charge in [0.15, 0.2) is 0 Å². The van der Waals surface area contributed by atoms with E-state index in [1.807, 2.05) is 14.1 Å². The number of nitrogen functional groups attached to an aromatic ring is 1. The Morgan fingerprint density at radius 2 is 2.21 bits per heavy atom. The molecule has 0 saturated heterocycles. The lowest BCUT2D eigenvalue weighted by Gasteiger charge is -2.12. The van der Waals surface area contributed by atoms with Crippen molar-refractivity contribution in [3.8, 4) is 5.75 Å². The van der Waals surface area contributed by atoms with E-state index in [1.165, 1.54) is 6.33 Å². The highest BCUT2D eigenvalue weighted by Crippen LogP contribution is 2.25. The number of hydrogen-bond donors (Lipinski definition) is 2. The Labute approximate surface area is 111 Å². The van der Waals surface area contributed by atoms with Crippen LogP contribution in [0.5, 0.6) is 5.75 Å². The fourth-order valence-corrected chi connectivity index (χ4v) is 1.80. The van der Waals surface area contributed by atoms with Gasteiger partial charge in [0, 0.05) is 12.6 Å². The number of aromatic nitrogens is 2. The van der Waals surface area contributed by atoms with E-state index in [-0.39, 0.29) is 5.56 Å². The molecule has 19 heavy (non-hydrogen) atoms. The van der Waals surface area contributed by atoms with E-state index in [9.17, 15) is 4.79 Å². The second-order valence-corrected chi connectivity index (χ2v) is 4.64. The minimum atomic E-state index is -0.198. The van der Waals surface area contributed by atoms with E-state index in [4.69, 9.17) is 10.5 Å². The Morgan fingerprint density at radius 1 is 1.42 bits per heavy atom. The van der Waals surface area contributed by atoms with Crippen LogP contribution in [0.2, 0.25) is 0 Å². The summed E-state index contributed by atoms with van der Waals surface area (Å²) in [5.74, 6) is 0.573. The zero-order valence-corrected chi connectivity index (χ0v) is 11.1. The molecule has 102 valence electrons. The number of anilines is 1. The number of hydrogen-bond acceptors (Lipinski definition) is 5. The van der Waals surface area contributed by atoms with Crippen molar-refractivity contribution in [1.29, 1.82) is 0 Å². The molecule has 3 N–H and O–H groups in total. The van der Waals surface area contributed by atoms with E-state index in [0.717, 1.165) is 13.0 Å². The summed E-state index contributed by atoms with van der Waals surface area (Å²) in [6, 6.07) is 3.30. The van der Waals surface area contributed by atoms with Crippen LogP contribution < -0.4 is 16.0 Å². The monoisotopic (exact) mass is 262 g/mol. The molecule has 2 aromatic rings. The Hall–Kier alpha value is -2.08. The van der Waals surface area contributed by atoms with Gasteiger partial charge in [0.1, 0.15) is 5.75 Å². The number of nitrogens with one attached hydrogen (secondary N) is 1. The van der Waals surface area contributed by atoms with Crippen molar-refractivity contribution in [2.75, 3.05) is 33.0 Å². The average Bonchev–Trinajstić information content (AvgIpc) is 2.36. The first kappa shape index (κ1) is 13.4. The normalized spacial score (nSPS) is 11.1. The first-order chi connectivity index (χ1) is 9.08. The lowest BCUT2D eigenvalue weighted by Crippen LogP contribution is -2.15. The Balaban J connectivity index is 2.15. The molecule has 2 rings (SSSR count). The lowest BCUT2D eigenvalue weighted by molar-refractivity contribution is 0.283. The molecule has 1 aromatic heterocycles. The average molecular weight is 262 g/mol. The highest BCUT2D eigenvalue weighted by Gasteiger charge is 2.06. The van der Waals surface area contributed by atoms with Crippen LogP contribution in [-0.4, -0.2) is 42.1 Å². The fourth-order valence-electron chi connectivity index (χ4n) is 1.80. The summed E-state index contributed by atoms with van der Waals surface area (Å²) in [4.78, 5) is 20.3. The van der Waals surface area contributed by atoms with Gasteiger partial charge in [-0.2, -0.15) is 0 Å². The van der Waals surface area contributed by atoms with Crippen molar-refractivity contribution in [2.45, 2.75) is 6.42 Å². The zero-order valence-electron chi connectivity index (χ0n) is 11.1. The van der Waals surface area contributed by atoms with Gasteiger partial charge in [0.25, 0.3) is 5.56 Å². The quantitative estimate of drug-likeness (QED) is 0.616. The molecule has 0 bridgehead atoms. The number of nitrogens with zero attached hydrogens (tertiary/aromatic N) is 2. The summed E-state index contributed by atoms with van der Waals surface area (Å²) in [5.41, 5.74) is 6.72. The minimum Gasteiger partial charge on any atom is -0.491 e. The number of rotatable bonds is 5. The second-order valence-electron chi connectivity index (χ2n) is 4.64. The Kier molecular flexibility index (Phi) is 4.01. The van der Waals surface area contributed by atoms with Crippen LogP contribution in [0, 0.1) is 0 Å². The van der Waals surface area contributed by atoms with Crippen molar-refractivity contribution in [1.82, 2.24) is 14.9 Å². The largest absolute Gasteiger partial charge is 0.491 e. The third-order valence-corrected chi connectivity index (χ3v) is 2.78. The molecular weight excluding hydrogens is 244 g/mol. The van der Waals surface area contributed by atoms with Crippen LogP contribution in [-0.2, 0) is 0 Å². The van der Waals surface area contributed by atoms with E-state index in [2.05, 4.69) is 14.9 Å². The van der Waals surface area contributed by atoms with Crippen LogP contribution in [0.15, 0.2) is 23.3 Å². The van der Waals surface area contributed by atoms with Gasteiger partial charge in [0.2, 0.25) is 0 Å². The summed E-state index contributed by atoms with van der Waals surface area (Å²) in [6.45, 7) is 1.53. The molecule has 6 nitrogen and oxygen atoms in total. The zero-order chi connectivity index (χ0) is 13.8. The highest BCUT2D eigenvalue weighted by atomic mass is 16.5. The number of nitrogens with two attached hydrogens (primary N) is 1. The molecular formula is C13H18N4O2. The molecule has 0 atom stereocenters. The molecule has 0 aliphatic carbocycles. The summed E-state index contributed by atoms with van der Waals surface area (Å²) in [6.07, 6.45) is 2.28. The Morgan fingerprint density at radius 3 is 2.95 bits per heavy atom. The molecule has 0 spiro atoms. The number of ether oxygens (including phenoxy) is 1. The summed E-state index contributed by atoms with van der Waals surface area (Å²) in [5, 5.41) is 0.473.